The molecule has 0 aromatic heterocycles. The SMILES string of the molecule is O=S(O)(=[O+]S(c1ccccc1)(c1ccccc1)c1cccc2ccccc12)C(F)(F)F. The monoisotopic (exact) mass is 463 g/mol. The molecule has 0 bridgehead atoms. The molecule has 1 atom stereocenters. The van der Waals surface area contributed by atoms with Gasteiger partial charge in [-0.1, -0.05) is 72.8 Å². The Morgan fingerprint density at radius 2 is 1.16 bits per heavy atom. The van der Waals surface area contributed by atoms with Gasteiger partial charge >= 0.3 is 15.6 Å². The van der Waals surface area contributed by atoms with Crippen molar-refractivity contribution in [2.75, 3.05) is 0 Å². The van der Waals surface area contributed by atoms with Crippen LogP contribution in [0.1, 0.15) is 0 Å². The molecule has 4 aromatic rings. The highest BCUT2D eigenvalue weighted by atomic mass is 32.3. The van der Waals surface area contributed by atoms with E-state index in [-0.39, 0.29) is 0 Å². The van der Waals surface area contributed by atoms with E-state index in [0.29, 0.717) is 20.1 Å². The second-order valence-corrected chi connectivity index (χ2v) is 11.1. The largest absolute Gasteiger partial charge is 0.576 e. The van der Waals surface area contributed by atoms with Gasteiger partial charge in [-0.15, -0.1) is 7.49 Å². The molecule has 0 amide bonds. The van der Waals surface area contributed by atoms with Crippen LogP contribution in [0.25, 0.3) is 10.8 Å². The average molecular weight is 464 g/mol. The summed E-state index contributed by atoms with van der Waals surface area (Å²) in [6, 6.07) is 29.0. The molecule has 8 heteroatoms. The fourth-order valence-corrected chi connectivity index (χ4v) is 8.32. The number of hydrogen-bond donors (Lipinski definition) is 1. The van der Waals surface area contributed by atoms with Gasteiger partial charge in [0.15, 0.2) is 10.3 Å². The van der Waals surface area contributed by atoms with Crippen LogP contribution in [0.2, 0.25) is 0 Å². The molecule has 160 valence electrons. The van der Waals surface area contributed by atoms with Crippen molar-refractivity contribution < 1.29 is 25.2 Å². The summed E-state index contributed by atoms with van der Waals surface area (Å²) in [7, 11) is -8.93. The standard InChI is InChI=1S/C23H17F3O3S2/c24-23(25,26)31(27,28)29-30(19-12-3-1-4-13-19,20-14-5-2-6-15-20)22-17-9-11-18-10-7-8-16-21(18)22/h1-17H/p+1. The second kappa shape index (κ2) is 8.03. The van der Waals surface area contributed by atoms with Crippen LogP contribution in [0.3, 0.4) is 0 Å². The zero-order chi connectivity index (χ0) is 22.1. The first kappa shape index (κ1) is 21.4. The minimum absolute atomic E-state index is 0.378. The molecule has 0 spiro atoms. The molecule has 0 saturated carbocycles. The predicted molar refractivity (Wildman–Crippen MR) is 117 cm³/mol. The van der Waals surface area contributed by atoms with Crippen LogP contribution in [0.4, 0.5) is 13.2 Å². The Balaban J connectivity index is 2.25. The lowest BCUT2D eigenvalue weighted by Gasteiger charge is -2.27. The molecular formula is C23H18F3O3S2+. The van der Waals surface area contributed by atoms with Crippen molar-refractivity contribution in [1.82, 2.24) is 0 Å². The summed E-state index contributed by atoms with van der Waals surface area (Å²) < 4.78 is 68.7. The van der Waals surface area contributed by atoms with Gasteiger partial charge in [-0.25, -0.2) is 4.55 Å². The molecule has 1 unspecified atom stereocenters. The molecule has 4 aromatic carbocycles. The fourth-order valence-electron chi connectivity index (χ4n) is 3.35. The maximum Gasteiger partial charge on any atom is 0.576 e. The molecule has 31 heavy (non-hydrogen) atoms. The minimum Gasteiger partial charge on any atom is -0.238 e. The molecule has 0 heterocycles. The first-order valence-corrected chi connectivity index (χ1v) is 12.2. The van der Waals surface area contributed by atoms with E-state index in [0.717, 1.165) is 5.39 Å². The average Bonchev–Trinajstić information content (AvgIpc) is 2.77. The maximum absolute atomic E-state index is 13.6. The van der Waals surface area contributed by atoms with Crippen LogP contribution in [0.15, 0.2) is 118 Å². The lowest BCUT2D eigenvalue weighted by atomic mass is 10.1. The van der Waals surface area contributed by atoms with Crippen molar-refractivity contribution in [3.05, 3.63) is 103 Å². The third-order valence-corrected chi connectivity index (χ3v) is 9.68. The van der Waals surface area contributed by atoms with Crippen LogP contribution >= 0.6 is 10.3 Å². The van der Waals surface area contributed by atoms with Gasteiger partial charge in [0.05, 0.1) is 14.7 Å². The summed E-state index contributed by atoms with van der Waals surface area (Å²) in [6.45, 7) is 0. The van der Waals surface area contributed by atoms with Crippen molar-refractivity contribution in [2.45, 2.75) is 20.2 Å². The van der Waals surface area contributed by atoms with E-state index in [2.05, 4.69) is 0 Å². The van der Waals surface area contributed by atoms with E-state index >= 15 is 0 Å². The summed E-state index contributed by atoms with van der Waals surface area (Å²) in [5, 5.41) is 1.42. The topological polar surface area (TPSA) is 48.6 Å². The molecule has 0 aliphatic carbocycles. The third-order valence-electron chi connectivity index (χ3n) is 4.70. The summed E-state index contributed by atoms with van der Waals surface area (Å²) >= 11 is 0. The van der Waals surface area contributed by atoms with Crippen LogP contribution in [-0.2, 0) is 13.4 Å². The zero-order valence-corrected chi connectivity index (χ0v) is 17.7. The van der Waals surface area contributed by atoms with Crippen LogP contribution in [0.5, 0.6) is 0 Å². The van der Waals surface area contributed by atoms with Crippen molar-refractivity contribution >= 4 is 31.2 Å². The number of rotatable bonds is 4. The van der Waals surface area contributed by atoms with Gasteiger partial charge in [-0.3, -0.25) is 0 Å². The molecule has 0 aliphatic rings. The van der Waals surface area contributed by atoms with Crippen molar-refractivity contribution in [3.63, 3.8) is 0 Å². The Hall–Kier alpha value is -2.81. The zero-order valence-electron chi connectivity index (χ0n) is 16.0. The molecule has 0 radical (unpaired) electrons. The van der Waals surface area contributed by atoms with Gasteiger partial charge in [-0.2, -0.15) is 13.2 Å². The lowest BCUT2D eigenvalue weighted by molar-refractivity contribution is -0.0541. The molecule has 3 nitrogen and oxygen atoms in total. The Labute approximate surface area is 179 Å². The van der Waals surface area contributed by atoms with E-state index in [9.17, 15) is 21.9 Å². The molecular weight excluding hydrogens is 445 g/mol. The van der Waals surface area contributed by atoms with Crippen LogP contribution in [-0.4, -0.2) is 14.3 Å². The molecule has 1 N–H and O–H groups in total. The van der Waals surface area contributed by atoms with Gasteiger partial charge in [0, 0.05) is 5.39 Å². The fraction of sp³-hybridized carbons (Fsp3) is 0.0435. The molecule has 0 aliphatic heterocycles. The van der Waals surface area contributed by atoms with Crippen molar-refractivity contribution in [1.29, 1.82) is 0 Å². The van der Waals surface area contributed by atoms with Gasteiger partial charge in [0.1, 0.15) is 0 Å². The normalized spacial score (nSPS) is 14.7. The Kier molecular flexibility index (Phi) is 5.55. The highest BCUT2D eigenvalue weighted by molar-refractivity contribution is 8.30. The van der Waals surface area contributed by atoms with Crippen molar-refractivity contribution in [2.24, 2.45) is 0 Å². The first-order chi connectivity index (χ1) is 14.8. The maximum atomic E-state index is 13.6. The van der Waals surface area contributed by atoms with Crippen LogP contribution in [0, 0.1) is 0 Å². The van der Waals surface area contributed by atoms with E-state index < -0.39 is 25.9 Å². The summed E-state index contributed by atoms with van der Waals surface area (Å²) in [6.07, 6.45) is 0. The Morgan fingerprint density at radius 3 is 1.71 bits per heavy atom. The highest BCUT2D eigenvalue weighted by Gasteiger charge is 2.57. The summed E-state index contributed by atoms with van der Waals surface area (Å²) in [4.78, 5) is 1.17. The number of alkyl halides is 3. The van der Waals surface area contributed by atoms with Gasteiger partial charge in [-0.05, 0) is 35.7 Å². The molecule has 4 rings (SSSR count). The third kappa shape index (κ3) is 3.82. The van der Waals surface area contributed by atoms with E-state index in [4.69, 9.17) is 3.29 Å². The minimum atomic E-state index is -5.68. The van der Waals surface area contributed by atoms with Gasteiger partial charge in [0.2, 0.25) is 0 Å². The van der Waals surface area contributed by atoms with E-state index in [1.165, 1.54) is 0 Å². The highest BCUT2D eigenvalue weighted by Crippen LogP contribution is 2.69. The first-order valence-electron chi connectivity index (χ1n) is 9.21. The smallest absolute Gasteiger partial charge is 0.238 e. The molecule has 0 saturated heterocycles. The Bertz CT molecular complexity index is 1290. The predicted octanol–water partition coefficient (Wildman–Crippen LogP) is 7.19. The van der Waals surface area contributed by atoms with Crippen molar-refractivity contribution in [3.8, 4) is 0 Å². The Morgan fingerprint density at radius 1 is 0.677 bits per heavy atom. The lowest BCUT2D eigenvalue weighted by Crippen LogP contribution is -2.25. The number of fused-ring (bicyclic) bond motifs is 1. The molecule has 0 fully saturated rings. The number of hydrogen-bond acceptors (Lipinski definition) is 1. The number of benzene rings is 4. The van der Waals surface area contributed by atoms with Gasteiger partial charge in [0.25, 0.3) is 0 Å². The van der Waals surface area contributed by atoms with Gasteiger partial charge < -0.3 is 0 Å². The summed E-state index contributed by atoms with van der Waals surface area (Å²) in [5.74, 6) is 0. The number of halogens is 3. The van der Waals surface area contributed by atoms with E-state index in [1.807, 2.05) is 18.2 Å². The van der Waals surface area contributed by atoms with E-state index in [1.54, 1.807) is 84.9 Å². The second-order valence-electron chi connectivity index (χ2n) is 6.65. The quantitative estimate of drug-likeness (QED) is 0.198. The summed E-state index contributed by atoms with van der Waals surface area (Å²) in [5.41, 5.74) is -5.46. The van der Waals surface area contributed by atoms with Crippen LogP contribution < -0.4 is 0 Å².